The average Bonchev–Trinajstić information content (AvgIpc) is 3.40. The Balaban J connectivity index is 1.41. The Labute approximate surface area is 212 Å². The largest absolute Gasteiger partial charge is 0.381 e. The molecule has 2 N–H and O–H groups in total. The summed E-state index contributed by atoms with van der Waals surface area (Å²) in [5.41, 5.74) is 2.09. The highest BCUT2D eigenvalue weighted by Gasteiger charge is 2.42. The number of nitrogens with zero attached hydrogens (tertiary/aromatic N) is 6. The van der Waals surface area contributed by atoms with Gasteiger partial charge >= 0.3 is 0 Å². The quantitative estimate of drug-likeness (QED) is 0.411. The summed E-state index contributed by atoms with van der Waals surface area (Å²) in [7, 11) is 1.74. The first-order valence-electron chi connectivity index (χ1n) is 12.4. The van der Waals surface area contributed by atoms with Gasteiger partial charge < -0.3 is 15.0 Å². The summed E-state index contributed by atoms with van der Waals surface area (Å²) in [6.07, 6.45) is 10.4. The van der Waals surface area contributed by atoms with Gasteiger partial charge in [0.25, 0.3) is 5.91 Å². The highest BCUT2D eigenvalue weighted by molar-refractivity contribution is 6.09. The second-order valence-corrected chi connectivity index (χ2v) is 9.45. The molecular formula is C26H27FN8O2. The number of pyridine rings is 1. The molecule has 1 aliphatic carbocycles. The van der Waals surface area contributed by atoms with Crippen molar-refractivity contribution in [2.75, 3.05) is 22.2 Å². The number of methoxy groups -OCH3 is 1. The van der Waals surface area contributed by atoms with Crippen molar-refractivity contribution in [3.8, 4) is 0 Å². The zero-order chi connectivity index (χ0) is 25.5. The van der Waals surface area contributed by atoms with E-state index in [4.69, 9.17) is 9.72 Å². The number of hydrogen-bond acceptors (Lipinski definition) is 8. The van der Waals surface area contributed by atoms with Crippen LogP contribution >= 0.6 is 0 Å². The monoisotopic (exact) mass is 502 g/mol. The third kappa shape index (κ3) is 4.14. The minimum atomic E-state index is -0.445. The molecule has 1 fully saturated rings. The Morgan fingerprint density at radius 1 is 1.16 bits per heavy atom. The molecule has 1 saturated carbocycles. The van der Waals surface area contributed by atoms with Gasteiger partial charge in [-0.15, -0.1) is 0 Å². The summed E-state index contributed by atoms with van der Waals surface area (Å²) >= 11 is 0. The van der Waals surface area contributed by atoms with Crippen molar-refractivity contribution in [2.45, 2.75) is 50.8 Å². The van der Waals surface area contributed by atoms with Gasteiger partial charge in [0.15, 0.2) is 11.6 Å². The number of H-pyrrole nitrogens is 1. The van der Waals surface area contributed by atoms with E-state index in [1.165, 1.54) is 6.07 Å². The van der Waals surface area contributed by atoms with Crippen molar-refractivity contribution in [3.63, 3.8) is 0 Å². The van der Waals surface area contributed by atoms with E-state index in [1.54, 1.807) is 48.9 Å². The number of hydrogen-bond donors (Lipinski definition) is 2. The lowest BCUT2D eigenvalue weighted by Crippen LogP contribution is -2.55. The molecule has 2 aliphatic rings. The van der Waals surface area contributed by atoms with Crippen LogP contribution in [0, 0.1) is 5.82 Å². The maximum atomic E-state index is 14.5. The molecule has 37 heavy (non-hydrogen) atoms. The van der Waals surface area contributed by atoms with Crippen molar-refractivity contribution < 1.29 is 13.9 Å². The SMILES string of the molecule is COC1CCC(N2c3nc(Nc4cc(F)c5[nH]ncc5c4)ncc3N(c3cccnc3)C(=O)[C@H]2C)CC1. The molecule has 10 nitrogen and oxygen atoms in total. The molecule has 0 saturated heterocycles. The number of ether oxygens (including phenoxy) is 1. The van der Waals surface area contributed by atoms with E-state index < -0.39 is 11.9 Å². The molecule has 0 spiro atoms. The van der Waals surface area contributed by atoms with Gasteiger partial charge in [-0.1, -0.05) is 0 Å². The third-order valence-electron chi connectivity index (χ3n) is 7.26. The van der Waals surface area contributed by atoms with E-state index in [-0.39, 0.29) is 18.1 Å². The maximum absolute atomic E-state index is 14.5. The van der Waals surface area contributed by atoms with Crippen LogP contribution in [-0.2, 0) is 9.53 Å². The number of aromatic nitrogens is 5. The number of rotatable bonds is 5. The fraction of sp³-hybridized carbons (Fsp3) is 0.346. The zero-order valence-corrected chi connectivity index (χ0v) is 20.6. The average molecular weight is 503 g/mol. The molecule has 0 bridgehead atoms. The van der Waals surface area contributed by atoms with Crippen LogP contribution in [0.15, 0.2) is 49.1 Å². The highest BCUT2D eigenvalue weighted by atomic mass is 19.1. The summed E-state index contributed by atoms with van der Waals surface area (Å²) in [5.74, 6) is 0.476. The van der Waals surface area contributed by atoms with Crippen LogP contribution < -0.4 is 15.1 Å². The predicted molar refractivity (Wildman–Crippen MR) is 138 cm³/mol. The van der Waals surface area contributed by atoms with Gasteiger partial charge in [-0.2, -0.15) is 10.1 Å². The van der Waals surface area contributed by atoms with Crippen LogP contribution in [0.3, 0.4) is 0 Å². The Bertz CT molecular complexity index is 1440. The Kier molecular flexibility index (Phi) is 5.91. The maximum Gasteiger partial charge on any atom is 0.254 e. The Hall–Kier alpha value is -4.12. The fourth-order valence-electron chi connectivity index (χ4n) is 5.40. The molecule has 0 radical (unpaired) electrons. The highest BCUT2D eigenvalue weighted by Crippen LogP contribution is 2.42. The van der Waals surface area contributed by atoms with Crippen molar-refractivity contribution in [3.05, 3.63) is 54.9 Å². The fourth-order valence-corrected chi connectivity index (χ4v) is 5.40. The summed E-state index contributed by atoms with van der Waals surface area (Å²) in [4.78, 5) is 31.0. The second kappa shape index (κ2) is 9.40. The van der Waals surface area contributed by atoms with Crippen LogP contribution in [0.5, 0.6) is 0 Å². The number of carbonyl (C=O) groups is 1. The molecule has 190 valence electrons. The lowest BCUT2D eigenvalue weighted by molar-refractivity contribution is -0.119. The molecule has 1 aromatic carbocycles. The van der Waals surface area contributed by atoms with E-state index >= 15 is 0 Å². The summed E-state index contributed by atoms with van der Waals surface area (Å²) in [6.45, 7) is 1.91. The van der Waals surface area contributed by atoms with Gasteiger partial charge in [-0.3, -0.25) is 19.8 Å². The number of fused-ring (bicyclic) bond motifs is 2. The predicted octanol–water partition coefficient (Wildman–Crippen LogP) is 4.46. The first kappa shape index (κ1) is 23.3. The van der Waals surface area contributed by atoms with E-state index in [9.17, 15) is 9.18 Å². The van der Waals surface area contributed by atoms with Gasteiger partial charge in [0.2, 0.25) is 5.95 Å². The molecule has 3 aromatic heterocycles. The first-order valence-corrected chi connectivity index (χ1v) is 12.4. The Morgan fingerprint density at radius 2 is 2.00 bits per heavy atom. The number of nitrogens with one attached hydrogen (secondary N) is 2. The Morgan fingerprint density at radius 3 is 2.76 bits per heavy atom. The molecule has 0 unspecified atom stereocenters. The van der Waals surface area contributed by atoms with Gasteiger partial charge in [0.05, 0.1) is 30.4 Å². The van der Waals surface area contributed by atoms with Crippen LogP contribution in [0.2, 0.25) is 0 Å². The van der Waals surface area contributed by atoms with E-state index in [0.717, 1.165) is 25.7 Å². The van der Waals surface area contributed by atoms with Crippen molar-refractivity contribution in [1.82, 2.24) is 25.1 Å². The normalized spacial score (nSPS) is 21.8. The van der Waals surface area contributed by atoms with Gasteiger partial charge in [-0.05, 0) is 56.9 Å². The van der Waals surface area contributed by atoms with Crippen LogP contribution in [0.4, 0.5) is 33.2 Å². The lowest BCUT2D eigenvalue weighted by atomic mass is 9.90. The van der Waals surface area contributed by atoms with Gasteiger partial charge in [-0.25, -0.2) is 9.37 Å². The number of benzene rings is 1. The van der Waals surface area contributed by atoms with Crippen LogP contribution in [-0.4, -0.2) is 56.4 Å². The van der Waals surface area contributed by atoms with Crippen molar-refractivity contribution >= 4 is 45.6 Å². The van der Waals surface area contributed by atoms with E-state index in [1.807, 2.05) is 13.0 Å². The van der Waals surface area contributed by atoms with Gasteiger partial charge in [0.1, 0.15) is 17.2 Å². The molecular weight excluding hydrogens is 475 g/mol. The molecule has 1 aliphatic heterocycles. The van der Waals surface area contributed by atoms with E-state index in [2.05, 4.69) is 30.4 Å². The topological polar surface area (TPSA) is 112 Å². The lowest BCUT2D eigenvalue weighted by Gasteiger charge is -2.46. The third-order valence-corrected chi connectivity index (χ3v) is 7.26. The molecule has 6 rings (SSSR count). The summed E-state index contributed by atoms with van der Waals surface area (Å²) in [5, 5.41) is 10.3. The number of halogens is 1. The van der Waals surface area contributed by atoms with Crippen LogP contribution in [0.1, 0.15) is 32.6 Å². The van der Waals surface area contributed by atoms with Crippen LogP contribution in [0.25, 0.3) is 10.9 Å². The number of carbonyl (C=O) groups excluding carboxylic acids is 1. The smallest absolute Gasteiger partial charge is 0.254 e. The van der Waals surface area contributed by atoms with Crippen molar-refractivity contribution in [2.24, 2.45) is 0 Å². The number of aromatic amines is 1. The number of anilines is 5. The van der Waals surface area contributed by atoms with Gasteiger partial charge in [0, 0.05) is 30.4 Å². The molecule has 11 heteroatoms. The van der Waals surface area contributed by atoms with Crippen molar-refractivity contribution in [1.29, 1.82) is 0 Å². The molecule has 4 heterocycles. The first-order chi connectivity index (χ1) is 18.0. The molecule has 1 atom stereocenters. The van der Waals surface area contributed by atoms with E-state index in [0.29, 0.717) is 39.7 Å². The summed E-state index contributed by atoms with van der Waals surface area (Å²) in [6, 6.07) is 6.48. The standard InChI is InChI=1S/C26H27FN8O2/c1-15-25(36)35(19-4-3-9-28-13-19)22-14-29-26(31-17-10-16-12-30-33-23(16)21(27)11-17)32-24(22)34(15)18-5-7-20(37-2)8-6-18/h3-4,9-15,18,20H,5-8H2,1-2H3,(H,30,33)(H,29,31,32)/t15-,18?,20?/m1/s1. The zero-order valence-electron chi connectivity index (χ0n) is 20.6. The minimum absolute atomic E-state index is 0.0637. The molecule has 4 aromatic rings. The number of amides is 1. The molecule has 1 amide bonds. The minimum Gasteiger partial charge on any atom is -0.381 e. The summed E-state index contributed by atoms with van der Waals surface area (Å²) < 4.78 is 20.1. The second-order valence-electron chi connectivity index (χ2n) is 9.45.